The molecule has 33 heavy (non-hydrogen) atoms. The lowest BCUT2D eigenvalue weighted by molar-refractivity contribution is 0.0986. The van der Waals surface area contributed by atoms with Crippen LogP contribution in [0.1, 0.15) is 37.9 Å². The van der Waals surface area contributed by atoms with Crippen molar-refractivity contribution in [1.29, 1.82) is 0 Å². The van der Waals surface area contributed by atoms with Crippen molar-refractivity contribution in [2.24, 2.45) is 0 Å². The molecule has 0 saturated heterocycles. The van der Waals surface area contributed by atoms with Gasteiger partial charge in [0, 0.05) is 29.8 Å². The van der Waals surface area contributed by atoms with Crippen molar-refractivity contribution in [3.63, 3.8) is 0 Å². The molecule has 0 unspecified atom stereocenters. The first-order valence-corrected chi connectivity index (χ1v) is 10.8. The van der Waals surface area contributed by atoms with Crippen molar-refractivity contribution < 1.29 is 9.59 Å². The molecule has 3 aromatic carbocycles. The van der Waals surface area contributed by atoms with Gasteiger partial charge >= 0.3 is 0 Å². The van der Waals surface area contributed by atoms with Crippen molar-refractivity contribution in [2.75, 3.05) is 16.8 Å². The van der Waals surface area contributed by atoms with Crippen LogP contribution in [0.3, 0.4) is 0 Å². The van der Waals surface area contributed by atoms with Crippen molar-refractivity contribution >= 4 is 23.2 Å². The lowest BCUT2D eigenvalue weighted by Gasteiger charge is -2.23. The van der Waals surface area contributed by atoms with Crippen LogP contribution in [0, 0.1) is 13.8 Å². The summed E-state index contributed by atoms with van der Waals surface area (Å²) >= 11 is 0. The van der Waals surface area contributed by atoms with Crippen LogP contribution in [0.2, 0.25) is 0 Å². The fourth-order valence-electron chi connectivity index (χ4n) is 4.18. The second kappa shape index (κ2) is 8.35. The van der Waals surface area contributed by atoms with E-state index >= 15 is 0 Å². The number of nitrogens with one attached hydrogen (secondary N) is 1. The number of aryl methyl sites for hydroxylation is 2. The normalized spacial score (nSPS) is 12.5. The summed E-state index contributed by atoms with van der Waals surface area (Å²) in [6.07, 6.45) is 0.603. The standard InChI is InChI=1S/C26H23N5O2/c1-17-7-3-4-8-21(17)25(32)27-20-13-11-19(12-14-20)26(33)30-16-15-24-29-28-18(2)31(24)23-10-6-5-9-22(23)30/h3-14H,15-16H2,1-2H3,(H,27,32). The van der Waals surface area contributed by atoms with Gasteiger partial charge in [-0.1, -0.05) is 30.3 Å². The van der Waals surface area contributed by atoms with Crippen LogP contribution in [-0.4, -0.2) is 33.1 Å². The number of fused-ring (bicyclic) bond motifs is 3. The summed E-state index contributed by atoms with van der Waals surface area (Å²) in [6, 6.07) is 22.2. The second-order valence-electron chi connectivity index (χ2n) is 8.04. The number of rotatable bonds is 3. The number of amides is 2. The van der Waals surface area contributed by atoms with E-state index in [0.717, 1.165) is 28.6 Å². The SMILES string of the molecule is Cc1ccccc1C(=O)Nc1ccc(C(=O)N2CCc3nnc(C)n3-c3ccccc32)cc1. The van der Waals surface area contributed by atoms with Gasteiger partial charge in [0.1, 0.15) is 11.6 Å². The number of hydrogen-bond acceptors (Lipinski definition) is 4. The molecule has 7 heteroatoms. The van der Waals surface area contributed by atoms with Crippen LogP contribution in [0.5, 0.6) is 0 Å². The summed E-state index contributed by atoms with van der Waals surface area (Å²) in [5.74, 6) is 1.35. The summed E-state index contributed by atoms with van der Waals surface area (Å²) in [5, 5.41) is 11.4. The van der Waals surface area contributed by atoms with Crippen molar-refractivity contribution in [3.05, 3.63) is 101 Å². The van der Waals surface area contributed by atoms with Gasteiger partial charge in [-0.15, -0.1) is 10.2 Å². The zero-order chi connectivity index (χ0) is 22.9. The Labute approximate surface area is 191 Å². The van der Waals surface area contributed by atoms with E-state index in [1.165, 1.54) is 0 Å². The highest BCUT2D eigenvalue weighted by molar-refractivity contribution is 6.08. The van der Waals surface area contributed by atoms with Crippen LogP contribution in [-0.2, 0) is 6.42 Å². The number of benzene rings is 3. The molecular formula is C26H23N5O2. The maximum absolute atomic E-state index is 13.5. The zero-order valence-corrected chi connectivity index (χ0v) is 18.4. The highest BCUT2D eigenvalue weighted by Crippen LogP contribution is 2.30. The quantitative estimate of drug-likeness (QED) is 0.517. The minimum Gasteiger partial charge on any atom is -0.322 e. The summed E-state index contributed by atoms with van der Waals surface area (Å²) in [6.45, 7) is 4.31. The van der Waals surface area contributed by atoms with Crippen LogP contribution >= 0.6 is 0 Å². The Morgan fingerprint density at radius 3 is 2.30 bits per heavy atom. The number of carbonyl (C=O) groups is 2. The smallest absolute Gasteiger partial charge is 0.258 e. The Morgan fingerprint density at radius 2 is 1.55 bits per heavy atom. The van der Waals surface area contributed by atoms with Gasteiger partial charge in [-0.05, 0) is 61.9 Å². The third kappa shape index (κ3) is 3.78. The Hall–Kier alpha value is -4.26. The molecule has 1 aliphatic rings. The molecule has 5 rings (SSSR count). The van der Waals surface area contributed by atoms with Gasteiger partial charge in [0.2, 0.25) is 0 Å². The van der Waals surface area contributed by atoms with Gasteiger partial charge in [0.05, 0.1) is 11.4 Å². The monoisotopic (exact) mass is 437 g/mol. The van der Waals surface area contributed by atoms with Gasteiger partial charge in [-0.2, -0.15) is 0 Å². The fraction of sp³-hybridized carbons (Fsp3) is 0.154. The van der Waals surface area contributed by atoms with Crippen LogP contribution < -0.4 is 10.2 Å². The molecule has 1 aromatic heterocycles. The first kappa shape index (κ1) is 20.6. The predicted octanol–water partition coefficient (Wildman–Crippen LogP) is 4.34. The molecule has 0 atom stereocenters. The molecule has 1 aliphatic heterocycles. The van der Waals surface area contributed by atoms with Crippen molar-refractivity contribution in [3.8, 4) is 5.69 Å². The van der Waals surface area contributed by atoms with E-state index < -0.39 is 0 Å². The Balaban J connectivity index is 1.39. The molecule has 2 heterocycles. The number of para-hydroxylation sites is 2. The minimum atomic E-state index is -0.174. The van der Waals surface area contributed by atoms with E-state index in [1.807, 2.05) is 60.9 Å². The van der Waals surface area contributed by atoms with Gasteiger partial charge in [0.15, 0.2) is 0 Å². The third-order valence-electron chi connectivity index (χ3n) is 5.89. The second-order valence-corrected chi connectivity index (χ2v) is 8.04. The predicted molar refractivity (Wildman–Crippen MR) is 127 cm³/mol. The molecule has 7 nitrogen and oxygen atoms in total. The Kier molecular flexibility index (Phi) is 5.22. The highest BCUT2D eigenvalue weighted by Gasteiger charge is 2.26. The molecule has 1 N–H and O–H groups in total. The maximum Gasteiger partial charge on any atom is 0.258 e. The molecule has 4 aromatic rings. The number of carbonyl (C=O) groups excluding carboxylic acids is 2. The molecule has 0 radical (unpaired) electrons. The van der Waals surface area contributed by atoms with Crippen LogP contribution in [0.15, 0.2) is 72.8 Å². The van der Waals surface area contributed by atoms with E-state index in [4.69, 9.17) is 0 Å². The third-order valence-corrected chi connectivity index (χ3v) is 5.89. The minimum absolute atomic E-state index is 0.101. The number of nitrogens with zero attached hydrogens (tertiary/aromatic N) is 4. The molecule has 164 valence electrons. The molecule has 0 aliphatic carbocycles. The van der Waals surface area contributed by atoms with Crippen LogP contribution in [0.4, 0.5) is 11.4 Å². The van der Waals surface area contributed by atoms with E-state index in [9.17, 15) is 9.59 Å². The summed E-state index contributed by atoms with van der Waals surface area (Å²) < 4.78 is 2.01. The fourth-order valence-corrected chi connectivity index (χ4v) is 4.18. The average molecular weight is 438 g/mol. The highest BCUT2D eigenvalue weighted by atomic mass is 16.2. The van der Waals surface area contributed by atoms with Crippen LogP contribution in [0.25, 0.3) is 5.69 Å². The Morgan fingerprint density at radius 1 is 0.848 bits per heavy atom. The molecule has 0 fully saturated rings. The first-order valence-electron chi connectivity index (χ1n) is 10.8. The largest absolute Gasteiger partial charge is 0.322 e. The van der Waals surface area contributed by atoms with Gasteiger partial charge in [-0.25, -0.2) is 0 Å². The first-order chi connectivity index (χ1) is 16.0. The summed E-state index contributed by atoms with van der Waals surface area (Å²) in [7, 11) is 0. The van der Waals surface area contributed by atoms with Crippen molar-refractivity contribution in [2.45, 2.75) is 20.3 Å². The maximum atomic E-state index is 13.5. The number of anilines is 2. The van der Waals surface area contributed by atoms with E-state index in [-0.39, 0.29) is 11.8 Å². The van der Waals surface area contributed by atoms with Gasteiger partial charge < -0.3 is 10.2 Å². The summed E-state index contributed by atoms with van der Waals surface area (Å²) in [5.41, 5.74) is 4.43. The molecule has 0 saturated carbocycles. The lowest BCUT2D eigenvalue weighted by atomic mass is 10.1. The topological polar surface area (TPSA) is 80.1 Å². The number of aromatic nitrogens is 3. The zero-order valence-electron chi connectivity index (χ0n) is 18.4. The van der Waals surface area contributed by atoms with E-state index in [1.54, 1.807) is 35.2 Å². The van der Waals surface area contributed by atoms with Crippen molar-refractivity contribution in [1.82, 2.24) is 14.8 Å². The van der Waals surface area contributed by atoms with Gasteiger partial charge in [-0.3, -0.25) is 14.2 Å². The average Bonchev–Trinajstić information content (AvgIpc) is 3.11. The molecule has 2 amide bonds. The van der Waals surface area contributed by atoms with E-state index in [2.05, 4.69) is 15.5 Å². The summed E-state index contributed by atoms with van der Waals surface area (Å²) in [4.78, 5) is 27.8. The van der Waals surface area contributed by atoms with E-state index in [0.29, 0.717) is 29.8 Å². The number of hydrogen-bond donors (Lipinski definition) is 1. The lowest BCUT2D eigenvalue weighted by Crippen LogP contribution is -2.32. The molecule has 0 bridgehead atoms. The molecular weight excluding hydrogens is 414 g/mol. The Bertz CT molecular complexity index is 1360. The molecule has 0 spiro atoms. The van der Waals surface area contributed by atoms with Gasteiger partial charge in [0.25, 0.3) is 11.8 Å².